The Balaban J connectivity index is 1.90. The molecule has 19 heavy (non-hydrogen) atoms. The minimum Gasteiger partial charge on any atom is -0.482 e. The number of hydrogen-bond acceptors (Lipinski definition) is 3. The van der Waals surface area contributed by atoms with E-state index >= 15 is 0 Å². The van der Waals surface area contributed by atoms with E-state index in [0.717, 1.165) is 5.69 Å². The monoisotopic (exact) mass is 276 g/mol. The first-order chi connectivity index (χ1) is 9.15. The van der Waals surface area contributed by atoms with Crippen LogP contribution >= 0.6 is 11.6 Å². The van der Waals surface area contributed by atoms with E-state index in [1.807, 2.05) is 18.2 Å². The molecule has 4 nitrogen and oxygen atoms in total. The van der Waals surface area contributed by atoms with Crippen molar-refractivity contribution in [2.24, 2.45) is 0 Å². The number of ether oxygens (including phenoxy) is 1. The van der Waals surface area contributed by atoms with Crippen molar-refractivity contribution in [3.63, 3.8) is 0 Å². The van der Waals surface area contributed by atoms with Gasteiger partial charge in [0.2, 0.25) is 0 Å². The molecule has 0 aliphatic rings. The molecule has 0 radical (unpaired) electrons. The Bertz CT molecular complexity index is 573. The van der Waals surface area contributed by atoms with Crippen LogP contribution in [0, 0.1) is 0 Å². The fourth-order valence-corrected chi connectivity index (χ4v) is 1.74. The molecule has 0 saturated carbocycles. The molecule has 1 amide bonds. The second-order valence-electron chi connectivity index (χ2n) is 3.89. The maximum atomic E-state index is 11.7. The smallest absolute Gasteiger partial charge is 0.262 e. The summed E-state index contributed by atoms with van der Waals surface area (Å²) in [6.07, 6.45) is 0. The first-order valence-electron chi connectivity index (χ1n) is 5.68. The number of nitrogens with two attached hydrogens (primary N) is 1. The zero-order valence-electron chi connectivity index (χ0n) is 10.1. The Morgan fingerprint density at radius 3 is 2.63 bits per heavy atom. The molecule has 0 fully saturated rings. The van der Waals surface area contributed by atoms with Gasteiger partial charge in [0.1, 0.15) is 5.75 Å². The summed E-state index contributed by atoms with van der Waals surface area (Å²) in [6.45, 7) is -0.113. The Hall–Kier alpha value is -2.20. The average Bonchev–Trinajstić information content (AvgIpc) is 2.39. The molecular weight excluding hydrogens is 264 g/mol. The number of carbonyl (C=O) groups is 1. The number of hydrogen-bond donors (Lipinski definition) is 2. The zero-order chi connectivity index (χ0) is 13.7. The van der Waals surface area contributed by atoms with Gasteiger partial charge in [-0.2, -0.15) is 0 Å². The van der Waals surface area contributed by atoms with Crippen molar-refractivity contribution in [1.29, 1.82) is 0 Å². The van der Waals surface area contributed by atoms with Gasteiger partial charge in [-0.3, -0.25) is 4.79 Å². The van der Waals surface area contributed by atoms with Crippen molar-refractivity contribution in [3.8, 4) is 5.75 Å². The molecule has 98 valence electrons. The summed E-state index contributed by atoms with van der Waals surface area (Å²) in [5.74, 6) is 0.179. The minimum atomic E-state index is -0.251. The summed E-state index contributed by atoms with van der Waals surface area (Å²) in [4.78, 5) is 11.7. The van der Waals surface area contributed by atoms with E-state index in [1.165, 1.54) is 0 Å². The van der Waals surface area contributed by atoms with Crippen LogP contribution in [0.15, 0.2) is 48.5 Å². The van der Waals surface area contributed by atoms with Gasteiger partial charge in [0, 0.05) is 11.4 Å². The lowest BCUT2D eigenvalue weighted by molar-refractivity contribution is -0.118. The van der Waals surface area contributed by atoms with Crippen molar-refractivity contribution in [3.05, 3.63) is 53.6 Å². The third-order valence-electron chi connectivity index (χ3n) is 2.37. The predicted molar refractivity (Wildman–Crippen MR) is 76.4 cm³/mol. The summed E-state index contributed by atoms with van der Waals surface area (Å²) < 4.78 is 5.33. The highest BCUT2D eigenvalue weighted by atomic mass is 35.5. The normalized spacial score (nSPS) is 9.95. The molecule has 0 bridgehead atoms. The number of benzene rings is 2. The highest BCUT2D eigenvalue weighted by molar-refractivity contribution is 6.32. The number of para-hydroxylation sites is 1. The van der Waals surface area contributed by atoms with E-state index in [0.29, 0.717) is 16.5 Å². The highest BCUT2D eigenvalue weighted by Crippen LogP contribution is 2.26. The highest BCUT2D eigenvalue weighted by Gasteiger charge is 2.06. The third kappa shape index (κ3) is 3.89. The van der Waals surface area contributed by atoms with Gasteiger partial charge in [-0.05, 0) is 30.3 Å². The van der Waals surface area contributed by atoms with Gasteiger partial charge in [0.25, 0.3) is 5.91 Å². The molecule has 0 atom stereocenters. The van der Waals surface area contributed by atoms with E-state index in [1.54, 1.807) is 30.3 Å². The van der Waals surface area contributed by atoms with Gasteiger partial charge in [-0.25, -0.2) is 0 Å². The average molecular weight is 277 g/mol. The SMILES string of the molecule is Nc1ccc(OCC(=O)Nc2ccccc2)c(Cl)c1. The molecule has 2 aromatic rings. The quantitative estimate of drug-likeness (QED) is 0.844. The maximum Gasteiger partial charge on any atom is 0.262 e. The van der Waals surface area contributed by atoms with Gasteiger partial charge < -0.3 is 15.8 Å². The van der Waals surface area contributed by atoms with Crippen molar-refractivity contribution in [2.75, 3.05) is 17.7 Å². The number of nitrogens with one attached hydrogen (secondary N) is 1. The lowest BCUT2D eigenvalue weighted by Crippen LogP contribution is -2.20. The number of rotatable bonds is 4. The summed E-state index contributed by atoms with van der Waals surface area (Å²) in [5.41, 5.74) is 6.84. The van der Waals surface area contributed by atoms with E-state index in [2.05, 4.69) is 5.32 Å². The standard InChI is InChI=1S/C14H13ClN2O2/c15-12-8-10(16)6-7-13(12)19-9-14(18)17-11-4-2-1-3-5-11/h1-8H,9,16H2,(H,17,18). The summed E-state index contributed by atoms with van der Waals surface area (Å²) in [5, 5.41) is 3.09. The van der Waals surface area contributed by atoms with Gasteiger partial charge in [0.15, 0.2) is 6.61 Å². The number of amides is 1. The summed E-state index contributed by atoms with van der Waals surface area (Å²) in [7, 11) is 0. The molecule has 0 unspecified atom stereocenters. The molecule has 0 aliphatic heterocycles. The van der Waals surface area contributed by atoms with Crippen LogP contribution in [-0.4, -0.2) is 12.5 Å². The van der Waals surface area contributed by atoms with Crippen LogP contribution in [0.1, 0.15) is 0 Å². The first kappa shape index (κ1) is 13.2. The van der Waals surface area contributed by atoms with Crippen LogP contribution in [0.4, 0.5) is 11.4 Å². The fraction of sp³-hybridized carbons (Fsp3) is 0.0714. The number of anilines is 2. The van der Waals surface area contributed by atoms with Crippen LogP contribution in [-0.2, 0) is 4.79 Å². The molecule has 2 rings (SSSR count). The third-order valence-corrected chi connectivity index (χ3v) is 2.67. The lowest BCUT2D eigenvalue weighted by Gasteiger charge is -2.09. The fourth-order valence-electron chi connectivity index (χ4n) is 1.50. The Morgan fingerprint density at radius 2 is 1.95 bits per heavy atom. The minimum absolute atomic E-state index is 0.113. The van der Waals surface area contributed by atoms with Crippen LogP contribution < -0.4 is 15.8 Å². The topological polar surface area (TPSA) is 64.3 Å². The second-order valence-corrected chi connectivity index (χ2v) is 4.30. The molecule has 5 heteroatoms. The Labute approximate surface area is 116 Å². The van der Waals surface area contributed by atoms with Crippen LogP contribution in [0.2, 0.25) is 5.02 Å². The predicted octanol–water partition coefficient (Wildman–Crippen LogP) is 2.94. The van der Waals surface area contributed by atoms with E-state index in [4.69, 9.17) is 22.1 Å². The lowest BCUT2D eigenvalue weighted by atomic mass is 10.3. The van der Waals surface area contributed by atoms with Crippen molar-refractivity contribution < 1.29 is 9.53 Å². The maximum absolute atomic E-state index is 11.7. The van der Waals surface area contributed by atoms with Gasteiger partial charge >= 0.3 is 0 Å². The summed E-state index contributed by atoms with van der Waals surface area (Å²) in [6, 6.07) is 14.0. The second kappa shape index (κ2) is 6.11. The van der Waals surface area contributed by atoms with Crippen molar-refractivity contribution >= 4 is 28.9 Å². The van der Waals surface area contributed by atoms with Crippen LogP contribution in [0.5, 0.6) is 5.75 Å². The largest absolute Gasteiger partial charge is 0.482 e. The molecule has 3 N–H and O–H groups in total. The van der Waals surface area contributed by atoms with E-state index < -0.39 is 0 Å². The van der Waals surface area contributed by atoms with Gasteiger partial charge in [-0.1, -0.05) is 29.8 Å². The molecule has 0 aromatic heterocycles. The van der Waals surface area contributed by atoms with Gasteiger partial charge in [0.05, 0.1) is 5.02 Å². The van der Waals surface area contributed by atoms with Crippen LogP contribution in [0.25, 0.3) is 0 Å². The molecule has 0 spiro atoms. The molecule has 0 heterocycles. The van der Waals surface area contributed by atoms with E-state index in [9.17, 15) is 4.79 Å². The molecule has 0 saturated heterocycles. The van der Waals surface area contributed by atoms with Gasteiger partial charge in [-0.15, -0.1) is 0 Å². The number of carbonyl (C=O) groups excluding carboxylic acids is 1. The van der Waals surface area contributed by atoms with Crippen molar-refractivity contribution in [2.45, 2.75) is 0 Å². The van der Waals surface area contributed by atoms with Crippen LogP contribution in [0.3, 0.4) is 0 Å². The number of halogens is 1. The molecule has 2 aromatic carbocycles. The summed E-state index contributed by atoms with van der Waals surface area (Å²) >= 11 is 5.94. The zero-order valence-corrected chi connectivity index (χ0v) is 10.9. The Kier molecular flexibility index (Phi) is 4.26. The Morgan fingerprint density at radius 1 is 1.21 bits per heavy atom. The molecular formula is C14H13ClN2O2. The first-order valence-corrected chi connectivity index (χ1v) is 6.05. The molecule has 0 aliphatic carbocycles. The van der Waals surface area contributed by atoms with E-state index in [-0.39, 0.29) is 12.5 Å². The number of nitrogen functional groups attached to an aromatic ring is 1. The van der Waals surface area contributed by atoms with Crippen molar-refractivity contribution in [1.82, 2.24) is 0 Å².